The van der Waals surface area contributed by atoms with Crippen LogP contribution in [0.2, 0.25) is 0 Å². The zero-order valence-corrected chi connectivity index (χ0v) is 11.2. The molecule has 0 fully saturated rings. The van der Waals surface area contributed by atoms with Gasteiger partial charge in [-0.25, -0.2) is 9.87 Å². The van der Waals surface area contributed by atoms with Crippen molar-refractivity contribution >= 4 is 34.7 Å². The summed E-state index contributed by atoms with van der Waals surface area (Å²) in [6, 6.07) is 5.15. The molecule has 0 radical (unpaired) electrons. The Kier molecular flexibility index (Phi) is 5.36. The number of benzene rings is 1. The molecule has 1 aromatic heterocycles. The maximum atomic E-state index is 13.1. The summed E-state index contributed by atoms with van der Waals surface area (Å²) in [4.78, 5) is 11.4. The number of fused-ring (bicyclic) bond motifs is 1. The molecule has 0 unspecified atom stereocenters. The number of pyridine rings is 1. The number of aromatic nitrogens is 1. The third-order valence-electron chi connectivity index (χ3n) is 2.52. The molecule has 1 amide bonds. The first-order chi connectivity index (χ1) is 9.58. The van der Waals surface area contributed by atoms with E-state index >= 15 is 0 Å². The van der Waals surface area contributed by atoms with Crippen molar-refractivity contribution in [2.75, 3.05) is 6.38 Å². The smallest absolute Gasteiger partial charge is 0.278 e. The van der Waals surface area contributed by atoms with Crippen LogP contribution >= 0.6 is 11.6 Å². The average molecular weight is 299 g/mol. The standard InChI is InChI=1S/C11H9FN4O2.CH3Cl/c12-7-2-1-6-3-8(11(17)15-18)10(14)16(5-13)9(6)4-7;1-2/h1-5,13-14,18H,(H,15,17);1H3. The van der Waals surface area contributed by atoms with E-state index in [0.29, 0.717) is 10.9 Å². The number of rotatable bonds is 2. The van der Waals surface area contributed by atoms with Crippen molar-refractivity contribution in [2.45, 2.75) is 0 Å². The van der Waals surface area contributed by atoms with Crippen molar-refractivity contribution in [1.82, 2.24) is 10.0 Å². The molecule has 0 bridgehead atoms. The van der Waals surface area contributed by atoms with Gasteiger partial charge in [0.1, 0.15) is 11.3 Å². The van der Waals surface area contributed by atoms with E-state index in [0.717, 1.165) is 10.9 Å². The molecule has 106 valence electrons. The van der Waals surface area contributed by atoms with E-state index in [-0.39, 0.29) is 11.1 Å². The summed E-state index contributed by atoms with van der Waals surface area (Å²) >= 11 is 4.64. The minimum atomic E-state index is -0.859. The first-order valence-corrected chi connectivity index (χ1v) is 6.06. The summed E-state index contributed by atoms with van der Waals surface area (Å²) in [5.41, 5.74) is 1.30. The molecular weight excluding hydrogens is 287 g/mol. The Morgan fingerprint density at radius 2 is 2.10 bits per heavy atom. The van der Waals surface area contributed by atoms with Crippen LogP contribution in [-0.2, 0) is 0 Å². The summed E-state index contributed by atoms with van der Waals surface area (Å²) in [5, 5.41) is 24.0. The number of alkyl halides is 1. The van der Waals surface area contributed by atoms with Crippen LogP contribution in [0.1, 0.15) is 10.4 Å². The van der Waals surface area contributed by atoms with E-state index in [4.69, 9.17) is 16.0 Å². The normalized spacial score (nSPS) is 9.60. The minimum Gasteiger partial charge on any atom is -0.291 e. The zero-order chi connectivity index (χ0) is 15.3. The number of nitrogens with zero attached hydrogens (tertiary/aromatic N) is 1. The van der Waals surface area contributed by atoms with Gasteiger partial charge in [0.05, 0.1) is 17.4 Å². The number of amides is 1. The van der Waals surface area contributed by atoms with Crippen LogP contribution in [0.15, 0.2) is 24.3 Å². The van der Waals surface area contributed by atoms with Crippen molar-refractivity contribution in [3.8, 4) is 0 Å². The minimum absolute atomic E-state index is 0.111. The zero-order valence-electron chi connectivity index (χ0n) is 10.4. The van der Waals surface area contributed by atoms with Crippen LogP contribution in [-0.4, -0.2) is 28.4 Å². The van der Waals surface area contributed by atoms with Crippen molar-refractivity contribution in [3.05, 3.63) is 41.1 Å². The quantitative estimate of drug-likeness (QED) is 0.223. The van der Waals surface area contributed by atoms with Crippen LogP contribution in [0, 0.1) is 16.6 Å². The summed E-state index contributed by atoms with van der Waals surface area (Å²) in [6.45, 7) is 0. The number of hydroxylamine groups is 1. The molecule has 0 aliphatic carbocycles. The second-order valence-corrected chi connectivity index (χ2v) is 3.55. The van der Waals surface area contributed by atoms with Crippen LogP contribution in [0.25, 0.3) is 10.9 Å². The summed E-state index contributed by atoms with van der Waals surface area (Å²) in [5.74, 6) is -1.36. The maximum Gasteiger partial charge on any atom is 0.278 e. The predicted molar refractivity (Wildman–Crippen MR) is 73.0 cm³/mol. The highest BCUT2D eigenvalue weighted by atomic mass is 35.5. The highest BCUT2D eigenvalue weighted by Crippen LogP contribution is 2.14. The van der Waals surface area contributed by atoms with Gasteiger partial charge in [-0.2, -0.15) is 0 Å². The Morgan fingerprint density at radius 1 is 1.45 bits per heavy atom. The van der Waals surface area contributed by atoms with Gasteiger partial charge in [0.15, 0.2) is 0 Å². The van der Waals surface area contributed by atoms with Crippen LogP contribution < -0.4 is 11.0 Å². The molecule has 2 rings (SSSR count). The SMILES string of the molecule is CCl.N=Cn1c(=N)c(C(=O)NO)cc2ccc(F)cc21. The second kappa shape index (κ2) is 6.78. The van der Waals surface area contributed by atoms with Gasteiger partial charge in [-0.05, 0) is 29.7 Å². The fourth-order valence-electron chi connectivity index (χ4n) is 1.69. The van der Waals surface area contributed by atoms with E-state index in [1.54, 1.807) is 0 Å². The molecule has 0 atom stereocenters. The van der Waals surface area contributed by atoms with Crippen LogP contribution in [0.3, 0.4) is 0 Å². The molecule has 0 spiro atoms. The second-order valence-electron chi connectivity index (χ2n) is 3.55. The number of hydrogen-bond acceptors (Lipinski definition) is 4. The molecule has 6 nitrogen and oxygen atoms in total. The van der Waals surface area contributed by atoms with Gasteiger partial charge >= 0.3 is 0 Å². The fraction of sp³-hybridized carbons (Fsp3) is 0.0833. The summed E-state index contributed by atoms with van der Waals surface area (Å²) < 4.78 is 14.2. The van der Waals surface area contributed by atoms with Gasteiger partial charge in [0.2, 0.25) is 0 Å². The largest absolute Gasteiger partial charge is 0.291 e. The van der Waals surface area contributed by atoms with E-state index in [2.05, 4.69) is 11.6 Å². The molecular formula is C12H12ClFN4O2. The fourth-order valence-corrected chi connectivity index (χ4v) is 1.69. The number of carbonyl (C=O) groups is 1. The Labute approximate surface area is 118 Å². The van der Waals surface area contributed by atoms with E-state index in [9.17, 15) is 9.18 Å². The lowest BCUT2D eigenvalue weighted by Crippen LogP contribution is -2.31. The van der Waals surface area contributed by atoms with Gasteiger partial charge in [-0.15, -0.1) is 11.6 Å². The van der Waals surface area contributed by atoms with Gasteiger partial charge < -0.3 is 0 Å². The third kappa shape index (κ3) is 2.84. The monoisotopic (exact) mass is 298 g/mol. The number of nitrogens with one attached hydrogen (secondary N) is 3. The topological polar surface area (TPSA) is 102 Å². The average Bonchev–Trinajstić information content (AvgIpc) is 2.48. The molecule has 4 N–H and O–H groups in total. The molecule has 0 saturated carbocycles. The van der Waals surface area contributed by atoms with Crippen molar-refractivity contribution in [1.29, 1.82) is 10.8 Å². The molecule has 0 aliphatic rings. The van der Waals surface area contributed by atoms with Crippen LogP contribution in [0.4, 0.5) is 4.39 Å². The number of halogens is 2. The molecule has 8 heteroatoms. The van der Waals surface area contributed by atoms with Gasteiger partial charge in [0, 0.05) is 6.38 Å². The lowest BCUT2D eigenvalue weighted by molar-refractivity contribution is 0.0704. The molecule has 20 heavy (non-hydrogen) atoms. The Balaban J connectivity index is 0.000000956. The Morgan fingerprint density at radius 3 is 2.65 bits per heavy atom. The predicted octanol–water partition coefficient (Wildman–Crippen LogP) is 1.69. The summed E-state index contributed by atoms with van der Waals surface area (Å²) in [6.07, 6.45) is 2.28. The number of hydrogen-bond donors (Lipinski definition) is 4. The van der Waals surface area contributed by atoms with Gasteiger partial charge in [0.25, 0.3) is 5.91 Å². The highest BCUT2D eigenvalue weighted by Gasteiger charge is 2.12. The molecule has 1 aromatic carbocycles. The lowest BCUT2D eigenvalue weighted by atomic mass is 10.1. The van der Waals surface area contributed by atoms with Crippen molar-refractivity contribution < 1.29 is 14.4 Å². The first-order valence-electron chi connectivity index (χ1n) is 5.30. The maximum absolute atomic E-state index is 13.1. The lowest BCUT2D eigenvalue weighted by Gasteiger charge is -2.09. The van der Waals surface area contributed by atoms with Crippen molar-refractivity contribution in [3.63, 3.8) is 0 Å². The molecule has 0 saturated heterocycles. The van der Waals surface area contributed by atoms with Gasteiger partial charge in [-0.1, -0.05) is 0 Å². The molecule has 1 heterocycles. The van der Waals surface area contributed by atoms with E-state index in [1.807, 2.05) is 0 Å². The molecule has 0 aliphatic heterocycles. The first kappa shape index (κ1) is 15.8. The Bertz CT molecular complexity index is 714. The van der Waals surface area contributed by atoms with E-state index in [1.165, 1.54) is 36.1 Å². The summed E-state index contributed by atoms with van der Waals surface area (Å²) in [7, 11) is 0. The molecule has 2 aromatic rings. The van der Waals surface area contributed by atoms with Gasteiger partial charge in [-0.3, -0.25) is 25.4 Å². The highest BCUT2D eigenvalue weighted by molar-refractivity contribution is 6.15. The van der Waals surface area contributed by atoms with E-state index < -0.39 is 11.7 Å². The Hall–Kier alpha value is -2.25. The number of carbonyl (C=O) groups excluding carboxylic acids is 1. The van der Waals surface area contributed by atoms with Crippen LogP contribution in [0.5, 0.6) is 0 Å². The third-order valence-corrected chi connectivity index (χ3v) is 2.52. The van der Waals surface area contributed by atoms with Crippen molar-refractivity contribution in [2.24, 2.45) is 0 Å².